The molecule has 2 unspecified atom stereocenters. The van der Waals surface area contributed by atoms with Gasteiger partial charge in [-0.15, -0.1) is 0 Å². The number of carbonyl (C=O) groups is 2. The summed E-state index contributed by atoms with van der Waals surface area (Å²) >= 11 is 0. The van der Waals surface area contributed by atoms with E-state index in [-0.39, 0.29) is 35.2 Å². The Morgan fingerprint density at radius 3 is 2.64 bits per heavy atom. The first kappa shape index (κ1) is 24.0. The van der Waals surface area contributed by atoms with Crippen LogP contribution in [0.15, 0.2) is 30.3 Å². The van der Waals surface area contributed by atoms with Gasteiger partial charge in [-0.25, -0.2) is 9.37 Å². The van der Waals surface area contributed by atoms with Gasteiger partial charge in [0.25, 0.3) is 11.8 Å². The number of aromatic nitrogens is 2. The summed E-state index contributed by atoms with van der Waals surface area (Å²) in [7, 11) is 0. The third kappa shape index (κ3) is 4.98. The van der Waals surface area contributed by atoms with E-state index in [1.54, 1.807) is 17.0 Å². The van der Waals surface area contributed by atoms with Gasteiger partial charge in [-0.1, -0.05) is 12.8 Å². The molecule has 2 amide bonds. The van der Waals surface area contributed by atoms with Crippen molar-refractivity contribution >= 4 is 40.0 Å². The van der Waals surface area contributed by atoms with Crippen molar-refractivity contribution in [3.8, 4) is 0 Å². The van der Waals surface area contributed by atoms with E-state index < -0.39 is 11.7 Å². The molecule has 2 aromatic heterocycles. The Balaban J connectivity index is 1.40. The van der Waals surface area contributed by atoms with Gasteiger partial charge in [0.1, 0.15) is 11.5 Å². The lowest BCUT2D eigenvalue weighted by molar-refractivity contribution is 0.0299. The van der Waals surface area contributed by atoms with E-state index in [1.165, 1.54) is 0 Å². The van der Waals surface area contributed by atoms with Crippen LogP contribution >= 0.6 is 0 Å². The molecule has 11 heteroatoms. The third-order valence-electron chi connectivity index (χ3n) is 6.80. The minimum absolute atomic E-state index is 0.0194. The Morgan fingerprint density at radius 2 is 1.89 bits per heavy atom. The number of morpholine rings is 1. The fourth-order valence-corrected chi connectivity index (χ4v) is 4.79. The first-order chi connectivity index (χ1) is 17.4. The number of nitrogens with one attached hydrogen (secondary N) is 3. The molecular weight excluding hydrogens is 465 g/mol. The topological polar surface area (TPSA) is 151 Å². The van der Waals surface area contributed by atoms with Crippen LogP contribution in [0.4, 0.5) is 21.7 Å². The highest BCUT2D eigenvalue weighted by Crippen LogP contribution is 2.28. The number of anilines is 3. The Kier molecular flexibility index (Phi) is 6.75. The van der Waals surface area contributed by atoms with Crippen LogP contribution in [0.5, 0.6) is 0 Å². The molecule has 0 bridgehead atoms. The Morgan fingerprint density at radius 1 is 1.11 bits per heavy atom. The number of primary amides is 1. The SMILES string of the molecule is NC(=O)c1cc(F)c(NC2CCCCC2N)nc1Nc1ccc2[nH]c(C(=O)N3CCOCC3)cc2c1. The summed E-state index contributed by atoms with van der Waals surface area (Å²) in [5, 5.41) is 6.99. The molecule has 1 aromatic carbocycles. The van der Waals surface area contributed by atoms with E-state index in [9.17, 15) is 14.0 Å². The van der Waals surface area contributed by atoms with E-state index in [2.05, 4.69) is 20.6 Å². The quantitative estimate of drug-likeness (QED) is 0.353. The zero-order valence-corrected chi connectivity index (χ0v) is 19.9. The predicted molar refractivity (Wildman–Crippen MR) is 135 cm³/mol. The monoisotopic (exact) mass is 495 g/mol. The van der Waals surface area contributed by atoms with Gasteiger partial charge in [-0.05, 0) is 43.2 Å². The molecule has 0 spiro atoms. The molecule has 10 nitrogen and oxygen atoms in total. The fourth-order valence-electron chi connectivity index (χ4n) is 4.79. The van der Waals surface area contributed by atoms with E-state index in [0.717, 1.165) is 42.7 Å². The minimum atomic E-state index is -0.800. The smallest absolute Gasteiger partial charge is 0.270 e. The number of hydrogen-bond acceptors (Lipinski definition) is 7. The van der Waals surface area contributed by atoms with Gasteiger partial charge in [0.05, 0.1) is 18.8 Å². The molecule has 1 saturated heterocycles. The molecule has 190 valence electrons. The third-order valence-corrected chi connectivity index (χ3v) is 6.80. The number of aromatic amines is 1. The number of H-pyrrole nitrogens is 1. The van der Waals surface area contributed by atoms with Crippen molar-refractivity contribution in [1.82, 2.24) is 14.9 Å². The zero-order chi connectivity index (χ0) is 25.2. The van der Waals surface area contributed by atoms with Gasteiger partial charge in [-0.3, -0.25) is 9.59 Å². The largest absolute Gasteiger partial charge is 0.378 e. The fraction of sp³-hybridized carbons (Fsp3) is 0.400. The summed E-state index contributed by atoms with van der Waals surface area (Å²) < 4.78 is 20.1. The highest BCUT2D eigenvalue weighted by molar-refractivity contribution is 6.00. The summed E-state index contributed by atoms with van der Waals surface area (Å²) in [5.74, 6) is -1.40. The average molecular weight is 496 g/mol. The van der Waals surface area contributed by atoms with E-state index >= 15 is 0 Å². The van der Waals surface area contributed by atoms with Crippen molar-refractivity contribution in [1.29, 1.82) is 0 Å². The molecule has 2 atom stereocenters. The normalized spacial score (nSPS) is 20.3. The number of ether oxygens (including phenoxy) is 1. The van der Waals surface area contributed by atoms with Crippen LogP contribution in [0.1, 0.15) is 46.5 Å². The molecule has 1 aliphatic carbocycles. The number of hydrogen-bond donors (Lipinski definition) is 5. The van der Waals surface area contributed by atoms with Gasteiger partial charge in [-0.2, -0.15) is 0 Å². The van der Waals surface area contributed by atoms with Gasteiger partial charge in [0.15, 0.2) is 11.6 Å². The van der Waals surface area contributed by atoms with E-state index in [4.69, 9.17) is 16.2 Å². The van der Waals surface area contributed by atoms with Gasteiger partial charge >= 0.3 is 0 Å². The van der Waals surface area contributed by atoms with Crippen molar-refractivity contribution in [2.75, 3.05) is 36.9 Å². The van der Waals surface area contributed by atoms with Crippen LogP contribution in [0.25, 0.3) is 10.9 Å². The molecule has 5 rings (SSSR count). The molecule has 3 heterocycles. The van der Waals surface area contributed by atoms with E-state index in [1.807, 2.05) is 12.1 Å². The molecule has 1 aliphatic heterocycles. The maximum absolute atomic E-state index is 14.8. The second kappa shape index (κ2) is 10.1. The van der Waals surface area contributed by atoms with Gasteiger partial charge < -0.3 is 36.7 Å². The van der Waals surface area contributed by atoms with Crippen molar-refractivity contribution in [3.05, 3.63) is 47.4 Å². The second-order valence-corrected chi connectivity index (χ2v) is 9.29. The summed E-state index contributed by atoms with van der Waals surface area (Å²) in [5.41, 5.74) is 13.5. The number of halogens is 1. The Bertz CT molecular complexity index is 1290. The van der Waals surface area contributed by atoms with Gasteiger partial charge in [0.2, 0.25) is 0 Å². The number of benzene rings is 1. The number of carbonyl (C=O) groups excluding carboxylic acids is 2. The zero-order valence-electron chi connectivity index (χ0n) is 19.9. The number of nitrogens with two attached hydrogens (primary N) is 2. The summed E-state index contributed by atoms with van der Waals surface area (Å²) in [6.45, 7) is 2.15. The molecule has 36 heavy (non-hydrogen) atoms. The lowest BCUT2D eigenvalue weighted by atomic mass is 9.91. The summed E-state index contributed by atoms with van der Waals surface area (Å²) in [6, 6.07) is 8.08. The molecule has 1 saturated carbocycles. The number of nitrogens with zero attached hydrogens (tertiary/aromatic N) is 2. The maximum Gasteiger partial charge on any atom is 0.270 e. The van der Waals surface area contributed by atoms with Crippen LogP contribution in [0.2, 0.25) is 0 Å². The molecular formula is C25H30FN7O3. The first-order valence-electron chi connectivity index (χ1n) is 12.2. The Hall–Kier alpha value is -3.70. The number of amides is 2. The Labute approximate surface area is 207 Å². The van der Waals surface area contributed by atoms with Crippen LogP contribution in [0, 0.1) is 5.82 Å². The summed E-state index contributed by atoms with van der Waals surface area (Å²) in [4.78, 5) is 34.1. The predicted octanol–water partition coefficient (Wildman–Crippen LogP) is 2.70. The standard InChI is InChI=1S/C25H30FN7O3/c26-17-13-16(22(28)34)23(32-24(17)31-20-4-2-1-3-18(20)27)29-15-5-6-19-14(11-15)12-21(30-19)25(35)33-7-9-36-10-8-33/h5-6,11-13,18,20,30H,1-4,7-10,27H2,(H2,28,34)(H2,29,31,32). The average Bonchev–Trinajstić information content (AvgIpc) is 3.30. The van der Waals surface area contributed by atoms with Crippen LogP contribution < -0.4 is 22.1 Å². The highest BCUT2D eigenvalue weighted by Gasteiger charge is 2.25. The molecule has 2 aliphatic rings. The van der Waals surface area contributed by atoms with Crippen molar-refractivity contribution in [2.24, 2.45) is 11.5 Å². The highest BCUT2D eigenvalue weighted by atomic mass is 19.1. The van der Waals surface area contributed by atoms with Crippen LogP contribution in [-0.2, 0) is 4.74 Å². The van der Waals surface area contributed by atoms with E-state index in [0.29, 0.717) is 37.7 Å². The number of rotatable bonds is 6. The summed E-state index contributed by atoms with van der Waals surface area (Å²) in [6.07, 6.45) is 3.73. The first-order valence-corrected chi connectivity index (χ1v) is 12.2. The minimum Gasteiger partial charge on any atom is -0.378 e. The van der Waals surface area contributed by atoms with Crippen molar-refractivity contribution in [3.63, 3.8) is 0 Å². The second-order valence-electron chi connectivity index (χ2n) is 9.29. The lowest BCUT2D eigenvalue weighted by Gasteiger charge is -2.30. The molecule has 2 fully saturated rings. The lowest BCUT2D eigenvalue weighted by Crippen LogP contribution is -2.43. The van der Waals surface area contributed by atoms with Crippen LogP contribution in [0.3, 0.4) is 0 Å². The molecule has 3 aromatic rings. The van der Waals surface area contributed by atoms with Crippen LogP contribution in [-0.4, -0.2) is 65.1 Å². The molecule has 0 radical (unpaired) electrons. The number of pyridine rings is 1. The van der Waals surface area contributed by atoms with Crippen molar-refractivity contribution < 1.29 is 18.7 Å². The molecule has 7 N–H and O–H groups in total. The van der Waals surface area contributed by atoms with Gasteiger partial charge in [0, 0.05) is 41.8 Å². The van der Waals surface area contributed by atoms with Crippen molar-refractivity contribution in [2.45, 2.75) is 37.8 Å². The maximum atomic E-state index is 14.8. The number of fused-ring (bicyclic) bond motifs is 1.